The van der Waals surface area contributed by atoms with Crippen LogP contribution in [0.1, 0.15) is 35.8 Å². The molecule has 154 valence electrons. The minimum Gasteiger partial charge on any atom is -0.338 e. The second-order valence-corrected chi connectivity index (χ2v) is 7.65. The molecule has 3 rings (SSSR count). The molecule has 2 aromatic rings. The third kappa shape index (κ3) is 5.43. The fraction of sp³-hybridized carbons (Fsp3) is 0.391. The topological polar surface area (TPSA) is 64.7 Å². The fourth-order valence-corrected chi connectivity index (χ4v) is 3.51. The molecule has 6 nitrogen and oxygen atoms in total. The number of likely N-dealkylation sites (N-methyl/N-ethyl adjacent to an activating group) is 1. The van der Waals surface area contributed by atoms with Crippen molar-refractivity contribution in [2.24, 2.45) is 0 Å². The maximum atomic E-state index is 12.8. The Morgan fingerprint density at radius 2 is 1.97 bits per heavy atom. The molecule has 1 fully saturated rings. The van der Waals surface area contributed by atoms with Crippen molar-refractivity contribution in [1.82, 2.24) is 15.1 Å². The summed E-state index contributed by atoms with van der Waals surface area (Å²) in [7, 11) is 1.84. The van der Waals surface area contributed by atoms with E-state index in [2.05, 4.69) is 22.5 Å². The van der Waals surface area contributed by atoms with Gasteiger partial charge in [-0.05, 0) is 43.7 Å². The quantitative estimate of drug-likeness (QED) is 0.791. The molecular weight excluding hydrogens is 364 g/mol. The second-order valence-electron chi connectivity index (χ2n) is 7.65. The van der Waals surface area contributed by atoms with Crippen molar-refractivity contribution in [3.8, 4) is 0 Å². The number of hydrogen-bond acceptors (Lipinski definition) is 4. The van der Waals surface area contributed by atoms with Gasteiger partial charge in [-0.1, -0.05) is 30.3 Å². The first-order valence-corrected chi connectivity index (χ1v) is 10.1. The van der Waals surface area contributed by atoms with E-state index in [9.17, 15) is 9.59 Å². The van der Waals surface area contributed by atoms with E-state index in [4.69, 9.17) is 0 Å². The highest BCUT2D eigenvalue weighted by atomic mass is 16.2. The van der Waals surface area contributed by atoms with Gasteiger partial charge < -0.3 is 15.5 Å². The first-order chi connectivity index (χ1) is 14.0. The van der Waals surface area contributed by atoms with Gasteiger partial charge in [0.25, 0.3) is 5.91 Å². The molecule has 29 heavy (non-hydrogen) atoms. The van der Waals surface area contributed by atoms with Crippen LogP contribution in [0.3, 0.4) is 0 Å². The predicted molar refractivity (Wildman–Crippen MR) is 116 cm³/mol. The van der Waals surface area contributed by atoms with Gasteiger partial charge in [0.15, 0.2) is 0 Å². The molecule has 1 aliphatic rings. The van der Waals surface area contributed by atoms with Crippen LogP contribution in [-0.2, 0) is 4.79 Å². The van der Waals surface area contributed by atoms with Crippen LogP contribution in [0.4, 0.5) is 5.69 Å². The zero-order valence-corrected chi connectivity index (χ0v) is 17.4. The van der Waals surface area contributed by atoms with Gasteiger partial charge in [-0.2, -0.15) is 0 Å². The third-order valence-corrected chi connectivity index (χ3v) is 5.61. The largest absolute Gasteiger partial charge is 0.338 e. The Morgan fingerprint density at radius 3 is 2.69 bits per heavy atom. The molecule has 0 radical (unpaired) electrons. The maximum Gasteiger partial charge on any atom is 0.255 e. The van der Waals surface area contributed by atoms with Gasteiger partial charge in [0.2, 0.25) is 5.91 Å². The molecule has 1 unspecified atom stereocenters. The summed E-state index contributed by atoms with van der Waals surface area (Å²) in [5.41, 5.74) is 2.32. The average Bonchev–Trinajstić information content (AvgIpc) is 2.75. The SMILES string of the molecule is CC(c1cccc(NC(=O)c2ccccc2)c1)N(C)C(=O)CN1CCNC[C@@H]1C. The molecule has 1 saturated heterocycles. The van der Waals surface area contributed by atoms with Gasteiger partial charge in [0, 0.05) is 44.0 Å². The molecule has 2 atom stereocenters. The van der Waals surface area contributed by atoms with E-state index in [1.165, 1.54) is 0 Å². The van der Waals surface area contributed by atoms with Crippen LogP contribution >= 0.6 is 0 Å². The van der Waals surface area contributed by atoms with Crippen molar-refractivity contribution < 1.29 is 9.59 Å². The van der Waals surface area contributed by atoms with Crippen molar-refractivity contribution in [2.45, 2.75) is 25.9 Å². The molecule has 0 saturated carbocycles. The molecule has 1 aliphatic heterocycles. The summed E-state index contributed by atoms with van der Waals surface area (Å²) in [6, 6.07) is 17.1. The molecular formula is C23H30N4O2. The highest BCUT2D eigenvalue weighted by Gasteiger charge is 2.24. The second kappa shape index (κ2) is 9.67. The van der Waals surface area contributed by atoms with Crippen molar-refractivity contribution in [3.63, 3.8) is 0 Å². The van der Waals surface area contributed by atoms with Crippen molar-refractivity contribution >= 4 is 17.5 Å². The van der Waals surface area contributed by atoms with Crippen LogP contribution in [0, 0.1) is 0 Å². The van der Waals surface area contributed by atoms with Gasteiger partial charge in [0.1, 0.15) is 0 Å². The molecule has 2 aromatic carbocycles. The van der Waals surface area contributed by atoms with E-state index < -0.39 is 0 Å². The van der Waals surface area contributed by atoms with E-state index >= 15 is 0 Å². The molecule has 0 bridgehead atoms. The van der Waals surface area contributed by atoms with E-state index in [1.807, 2.05) is 56.4 Å². The lowest BCUT2D eigenvalue weighted by Gasteiger charge is -2.35. The summed E-state index contributed by atoms with van der Waals surface area (Å²) in [5, 5.41) is 6.28. The molecule has 0 aliphatic carbocycles. The Bertz CT molecular complexity index is 840. The van der Waals surface area contributed by atoms with E-state index in [0.29, 0.717) is 18.2 Å². The number of amides is 2. The standard InChI is InChI=1S/C23H30N4O2/c1-17-15-24-12-13-27(17)16-22(28)26(3)18(2)20-10-7-11-21(14-20)25-23(29)19-8-5-4-6-9-19/h4-11,14,17-18,24H,12-13,15-16H2,1-3H3,(H,25,29)/t17-,18?/m0/s1. The summed E-state index contributed by atoms with van der Waals surface area (Å²) >= 11 is 0. The van der Waals surface area contributed by atoms with E-state index in [1.54, 1.807) is 17.0 Å². The van der Waals surface area contributed by atoms with E-state index in [-0.39, 0.29) is 17.9 Å². The monoisotopic (exact) mass is 394 g/mol. The van der Waals surface area contributed by atoms with Crippen LogP contribution in [0.25, 0.3) is 0 Å². The molecule has 1 heterocycles. The number of carbonyl (C=O) groups excluding carboxylic acids is 2. The Labute approximate surface area is 172 Å². The van der Waals surface area contributed by atoms with Crippen LogP contribution < -0.4 is 10.6 Å². The number of piperazine rings is 1. The number of hydrogen-bond donors (Lipinski definition) is 2. The Balaban J connectivity index is 1.64. The lowest BCUT2D eigenvalue weighted by molar-refractivity contribution is -0.133. The normalized spacial score (nSPS) is 18.1. The molecule has 2 N–H and O–H groups in total. The number of benzene rings is 2. The smallest absolute Gasteiger partial charge is 0.255 e. The van der Waals surface area contributed by atoms with Gasteiger partial charge in [-0.15, -0.1) is 0 Å². The Hall–Kier alpha value is -2.70. The first-order valence-electron chi connectivity index (χ1n) is 10.1. The number of nitrogens with zero attached hydrogens (tertiary/aromatic N) is 2. The minimum atomic E-state index is -0.146. The summed E-state index contributed by atoms with van der Waals surface area (Å²) < 4.78 is 0. The highest BCUT2D eigenvalue weighted by molar-refractivity contribution is 6.04. The number of carbonyl (C=O) groups is 2. The number of rotatable bonds is 6. The molecule has 2 amide bonds. The van der Waals surface area contributed by atoms with Crippen LogP contribution in [0.2, 0.25) is 0 Å². The highest BCUT2D eigenvalue weighted by Crippen LogP contribution is 2.23. The zero-order valence-electron chi connectivity index (χ0n) is 17.4. The zero-order chi connectivity index (χ0) is 20.8. The predicted octanol–water partition coefficient (Wildman–Crippen LogP) is 2.75. The van der Waals surface area contributed by atoms with Crippen molar-refractivity contribution in [2.75, 3.05) is 38.5 Å². The lowest BCUT2D eigenvalue weighted by Crippen LogP contribution is -2.53. The van der Waals surface area contributed by atoms with E-state index in [0.717, 1.165) is 30.9 Å². The first kappa shape index (κ1) is 21.0. The molecule has 0 spiro atoms. The summed E-state index contributed by atoms with van der Waals surface area (Å²) in [5.74, 6) is -0.0440. The van der Waals surface area contributed by atoms with Crippen LogP contribution in [0.5, 0.6) is 0 Å². The summed E-state index contributed by atoms with van der Waals surface area (Å²) in [6.07, 6.45) is 0. The van der Waals surface area contributed by atoms with Crippen LogP contribution in [0.15, 0.2) is 54.6 Å². The van der Waals surface area contributed by atoms with Crippen molar-refractivity contribution in [3.05, 3.63) is 65.7 Å². The van der Waals surface area contributed by atoms with Gasteiger partial charge >= 0.3 is 0 Å². The Morgan fingerprint density at radius 1 is 1.21 bits per heavy atom. The van der Waals surface area contributed by atoms with Gasteiger partial charge in [-0.3, -0.25) is 14.5 Å². The van der Waals surface area contributed by atoms with Gasteiger partial charge in [0.05, 0.1) is 12.6 Å². The molecule has 0 aromatic heterocycles. The number of nitrogens with one attached hydrogen (secondary N) is 2. The Kier molecular flexibility index (Phi) is 7.01. The van der Waals surface area contributed by atoms with Crippen molar-refractivity contribution in [1.29, 1.82) is 0 Å². The minimum absolute atomic E-state index is 0.0886. The number of anilines is 1. The molecule has 6 heteroatoms. The summed E-state index contributed by atoms with van der Waals surface area (Å²) in [6.45, 7) is 7.29. The van der Waals surface area contributed by atoms with Gasteiger partial charge in [-0.25, -0.2) is 0 Å². The average molecular weight is 395 g/mol. The third-order valence-electron chi connectivity index (χ3n) is 5.61. The summed E-state index contributed by atoms with van der Waals surface area (Å²) in [4.78, 5) is 29.2. The van der Waals surface area contributed by atoms with Crippen LogP contribution in [-0.4, -0.2) is 60.9 Å². The fourth-order valence-electron chi connectivity index (χ4n) is 3.51. The lowest BCUT2D eigenvalue weighted by atomic mass is 10.1. The maximum absolute atomic E-state index is 12.8.